The van der Waals surface area contributed by atoms with Crippen LogP contribution in [0.5, 0.6) is 0 Å². The first-order chi connectivity index (χ1) is 12.7. The number of anilines is 1. The number of pyridine rings is 1. The second kappa shape index (κ2) is 7.02. The lowest BCUT2D eigenvalue weighted by atomic mass is 10.1. The number of nitro benzene ring substituents is 1. The molecule has 0 amide bonds. The van der Waals surface area contributed by atoms with Crippen molar-refractivity contribution < 1.29 is 18.1 Å². The molecule has 0 spiro atoms. The van der Waals surface area contributed by atoms with Gasteiger partial charge in [-0.1, -0.05) is 18.2 Å². The summed E-state index contributed by atoms with van der Waals surface area (Å²) in [6.07, 6.45) is -3.06. The topological polar surface area (TPSA) is 80.4 Å². The van der Waals surface area contributed by atoms with E-state index >= 15 is 0 Å². The first kappa shape index (κ1) is 18.3. The number of fused-ring (bicyclic) bond motifs is 1. The molecule has 27 heavy (non-hydrogen) atoms. The van der Waals surface area contributed by atoms with Crippen LogP contribution in [0, 0.1) is 17.0 Å². The van der Waals surface area contributed by atoms with Gasteiger partial charge < -0.3 is 0 Å². The largest absolute Gasteiger partial charge is 0.416 e. The van der Waals surface area contributed by atoms with Crippen LogP contribution >= 0.6 is 0 Å². The predicted octanol–water partition coefficient (Wildman–Crippen LogP) is 4.92. The molecule has 0 aliphatic rings. The number of hydrazone groups is 1. The average Bonchev–Trinajstić information content (AvgIpc) is 2.60. The summed E-state index contributed by atoms with van der Waals surface area (Å²) in [5.41, 5.74) is 3.62. The molecule has 0 aliphatic carbocycles. The van der Waals surface area contributed by atoms with Crippen LogP contribution in [-0.4, -0.2) is 16.1 Å². The molecule has 1 heterocycles. The van der Waals surface area contributed by atoms with E-state index in [0.29, 0.717) is 22.3 Å². The van der Waals surface area contributed by atoms with E-state index in [2.05, 4.69) is 15.5 Å². The Morgan fingerprint density at radius 3 is 2.67 bits per heavy atom. The van der Waals surface area contributed by atoms with E-state index in [1.807, 2.05) is 0 Å². The molecule has 6 nitrogen and oxygen atoms in total. The monoisotopic (exact) mass is 374 g/mol. The zero-order valence-electron chi connectivity index (χ0n) is 14.0. The van der Waals surface area contributed by atoms with Gasteiger partial charge in [-0.2, -0.15) is 18.3 Å². The lowest BCUT2D eigenvalue weighted by molar-refractivity contribution is -0.384. The molecule has 0 radical (unpaired) electrons. The molecule has 0 saturated heterocycles. The first-order valence-corrected chi connectivity index (χ1v) is 7.76. The Bertz CT molecular complexity index is 1050. The quantitative estimate of drug-likeness (QED) is 0.399. The summed E-state index contributed by atoms with van der Waals surface area (Å²) in [4.78, 5) is 14.4. The number of hydrogen-bond donors (Lipinski definition) is 1. The van der Waals surface area contributed by atoms with Gasteiger partial charge in [0.1, 0.15) is 0 Å². The number of alkyl halides is 3. The number of non-ortho nitro benzene ring substituents is 1. The Morgan fingerprint density at radius 1 is 1.19 bits per heavy atom. The summed E-state index contributed by atoms with van der Waals surface area (Å²) in [6, 6.07) is 10.8. The van der Waals surface area contributed by atoms with Crippen LogP contribution in [0.2, 0.25) is 0 Å². The van der Waals surface area contributed by atoms with Crippen molar-refractivity contribution in [2.45, 2.75) is 13.1 Å². The molecule has 3 aromatic rings. The first-order valence-electron chi connectivity index (χ1n) is 7.76. The summed E-state index contributed by atoms with van der Waals surface area (Å²) >= 11 is 0. The van der Waals surface area contributed by atoms with Crippen molar-refractivity contribution in [3.05, 3.63) is 75.5 Å². The van der Waals surface area contributed by atoms with Gasteiger partial charge in [0.25, 0.3) is 5.69 Å². The summed E-state index contributed by atoms with van der Waals surface area (Å²) in [5, 5.41) is 15.3. The molecule has 0 bridgehead atoms. The fourth-order valence-corrected chi connectivity index (χ4v) is 2.52. The fourth-order valence-electron chi connectivity index (χ4n) is 2.52. The van der Waals surface area contributed by atoms with Crippen molar-refractivity contribution in [3.63, 3.8) is 0 Å². The SMILES string of the molecule is Cc1cc(N/N=C/c2cccc([N+](=O)[O-])c2)c2ccc(C(F)(F)F)cc2n1. The second-order valence-electron chi connectivity index (χ2n) is 5.76. The number of aromatic nitrogens is 1. The van der Waals surface area contributed by atoms with E-state index in [1.165, 1.54) is 30.5 Å². The van der Waals surface area contributed by atoms with Crippen LogP contribution < -0.4 is 5.43 Å². The van der Waals surface area contributed by atoms with Gasteiger partial charge in [0.2, 0.25) is 0 Å². The molecule has 0 atom stereocenters. The van der Waals surface area contributed by atoms with Crippen LogP contribution in [0.15, 0.2) is 53.6 Å². The number of nitrogens with zero attached hydrogens (tertiary/aromatic N) is 3. The van der Waals surface area contributed by atoms with Gasteiger partial charge >= 0.3 is 6.18 Å². The van der Waals surface area contributed by atoms with Crippen LogP contribution in [0.1, 0.15) is 16.8 Å². The minimum Gasteiger partial charge on any atom is -0.278 e. The minimum absolute atomic E-state index is 0.0659. The van der Waals surface area contributed by atoms with E-state index < -0.39 is 16.7 Å². The van der Waals surface area contributed by atoms with E-state index in [0.717, 1.165) is 12.1 Å². The Hall–Kier alpha value is -3.49. The van der Waals surface area contributed by atoms with Crippen molar-refractivity contribution in [2.75, 3.05) is 5.43 Å². The number of hydrogen-bond acceptors (Lipinski definition) is 5. The zero-order chi connectivity index (χ0) is 19.6. The predicted molar refractivity (Wildman–Crippen MR) is 95.8 cm³/mol. The van der Waals surface area contributed by atoms with E-state index in [-0.39, 0.29) is 11.2 Å². The summed E-state index contributed by atoms with van der Waals surface area (Å²) in [5.74, 6) is 0. The highest BCUT2D eigenvalue weighted by Crippen LogP contribution is 2.33. The summed E-state index contributed by atoms with van der Waals surface area (Å²) in [7, 11) is 0. The number of nitrogens with one attached hydrogen (secondary N) is 1. The Morgan fingerprint density at radius 2 is 1.96 bits per heavy atom. The van der Waals surface area contributed by atoms with Gasteiger partial charge in [-0.15, -0.1) is 0 Å². The molecule has 0 saturated carbocycles. The molecule has 138 valence electrons. The molecule has 0 aliphatic heterocycles. The van der Waals surface area contributed by atoms with Gasteiger partial charge in [-0.3, -0.25) is 20.5 Å². The minimum atomic E-state index is -4.45. The third-order valence-corrected chi connectivity index (χ3v) is 3.74. The van der Waals surface area contributed by atoms with Crippen molar-refractivity contribution in [1.82, 2.24) is 4.98 Å². The van der Waals surface area contributed by atoms with Crippen LogP contribution in [0.25, 0.3) is 10.9 Å². The van der Waals surface area contributed by atoms with Crippen LogP contribution in [0.3, 0.4) is 0 Å². The Balaban J connectivity index is 1.90. The Labute approximate surface area is 151 Å². The maximum absolute atomic E-state index is 12.9. The van der Waals surface area contributed by atoms with Gasteiger partial charge in [0.05, 0.1) is 27.9 Å². The maximum Gasteiger partial charge on any atom is 0.416 e. The zero-order valence-corrected chi connectivity index (χ0v) is 14.0. The molecule has 1 N–H and O–H groups in total. The molecular weight excluding hydrogens is 361 g/mol. The van der Waals surface area contributed by atoms with Crippen LogP contribution in [0.4, 0.5) is 24.5 Å². The highest BCUT2D eigenvalue weighted by molar-refractivity contribution is 5.92. The van der Waals surface area contributed by atoms with Crippen LogP contribution in [-0.2, 0) is 6.18 Å². The molecule has 2 aromatic carbocycles. The summed E-state index contributed by atoms with van der Waals surface area (Å²) in [6.45, 7) is 1.66. The van der Waals surface area contributed by atoms with E-state index in [4.69, 9.17) is 0 Å². The van der Waals surface area contributed by atoms with E-state index in [9.17, 15) is 23.3 Å². The molecule has 0 fully saturated rings. The highest BCUT2D eigenvalue weighted by atomic mass is 19.4. The van der Waals surface area contributed by atoms with Gasteiger partial charge in [0, 0.05) is 28.8 Å². The third-order valence-electron chi connectivity index (χ3n) is 3.74. The molecule has 1 aromatic heterocycles. The number of halogens is 3. The highest BCUT2D eigenvalue weighted by Gasteiger charge is 2.30. The lowest BCUT2D eigenvalue weighted by Crippen LogP contribution is -2.05. The van der Waals surface area contributed by atoms with Crippen molar-refractivity contribution in [3.8, 4) is 0 Å². The smallest absolute Gasteiger partial charge is 0.278 e. The van der Waals surface area contributed by atoms with E-state index in [1.54, 1.807) is 19.1 Å². The van der Waals surface area contributed by atoms with Gasteiger partial charge in [0.15, 0.2) is 0 Å². The second-order valence-corrected chi connectivity index (χ2v) is 5.76. The number of nitro groups is 1. The molecular formula is C18H13F3N4O2. The lowest BCUT2D eigenvalue weighted by Gasteiger charge is -2.10. The normalized spacial score (nSPS) is 11.9. The number of benzene rings is 2. The van der Waals surface area contributed by atoms with Gasteiger partial charge in [-0.25, -0.2) is 0 Å². The van der Waals surface area contributed by atoms with Crippen molar-refractivity contribution >= 4 is 28.5 Å². The summed E-state index contributed by atoms with van der Waals surface area (Å²) < 4.78 is 38.6. The fraction of sp³-hybridized carbons (Fsp3) is 0.111. The average molecular weight is 374 g/mol. The maximum atomic E-state index is 12.9. The third kappa shape index (κ3) is 4.20. The number of aryl methyl sites for hydroxylation is 1. The Kier molecular flexibility index (Phi) is 4.76. The molecule has 9 heteroatoms. The van der Waals surface area contributed by atoms with Crippen molar-refractivity contribution in [2.24, 2.45) is 5.10 Å². The molecule has 3 rings (SSSR count). The standard InChI is InChI=1S/C18H13F3N4O2/c1-11-7-17(15-6-5-13(18(19,20)21)9-16(15)23-11)24-22-10-12-3-2-4-14(8-12)25(26)27/h2-10H,1H3,(H,23,24)/b22-10+. The van der Waals surface area contributed by atoms with Crippen molar-refractivity contribution in [1.29, 1.82) is 0 Å². The van der Waals surface area contributed by atoms with Gasteiger partial charge in [-0.05, 0) is 25.1 Å². The molecule has 0 unspecified atom stereocenters. The number of rotatable bonds is 4.